The highest BCUT2D eigenvalue weighted by Crippen LogP contribution is 2.04. The topological polar surface area (TPSA) is 44.8 Å². The molecule has 0 aliphatic carbocycles. The Kier molecular flexibility index (Phi) is 4.84. The molecule has 1 saturated heterocycles. The van der Waals surface area contributed by atoms with Crippen LogP contribution in [0, 0.1) is 0 Å². The van der Waals surface area contributed by atoms with E-state index in [0.29, 0.717) is 19.2 Å². The van der Waals surface area contributed by atoms with Crippen molar-refractivity contribution in [2.45, 2.75) is 13.0 Å². The number of hydrogen-bond acceptors (Lipinski definition) is 4. The number of amides is 1. The van der Waals surface area contributed by atoms with E-state index in [1.807, 2.05) is 0 Å². The third-order valence-corrected chi connectivity index (χ3v) is 2.74. The van der Waals surface area contributed by atoms with E-state index in [1.54, 1.807) is 6.92 Å². The smallest absolute Gasteiger partial charge is 0.407 e. The van der Waals surface area contributed by atoms with Gasteiger partial charge in [-0.25, -0.2) is 4.79 Å². The molecule has 15 heavy (non-hydrogen) atoms. The fourth-order valence-electron chi connectivity index (χ4n) is 1.71. The molecule has 5 nitrogen and oxygen atoms in total. The van der Waals surface area contributed by atoms with Gasteiger partial charge in [0.25, 0.3) is 0 Å². The highest BCUT2D eigenvalue weighted by atomic mass is 16.5. The summed E-state index contributed by atoms with van der Waals surface area (Å²) in [4.78, 5) is 15.7. The minimum Gasteiger partial charge on any atom is -0.450 e. The van der Waals surface area contributed by atoms with Crippen LogP contribution < -0.4 is 5.32 Å². The molecule has 0 aromatic rings. The largest absolute Gasteiger partial charge is 0.450 e. The fourth-order valence-corrected chi connectivity index (χ4v) is 1.71. The molecule has 1 N–H and O–H groups in total. The molecule has 0 radical (unpaired) electrons. The first-order valence-electron chi connectivity index (χ1n) is 5.43. The summed E-state index contributed by atoms with van der Waals surface area (Å²) in [6, 6.07) is 0.383. The molecule has 1 aliphatic rings. The lowest BCUT2D eigenvalue weighted by Gasteiger charge is -2.37. The van der Waals surface area contributed by atoms with Crippen molar-refractivity contribution >= 4 is 6.09 Å². The zero-order chi connectivity index (χ0) is 11.3. The number of nitrogens with zero attached hydrogens (tertiary/aromatic N) is 2. The van der Waals surface area contributed by atoms with Crippen molar-refractivity contribution in [3.05, 3.63) is 0 Å². The van der Waals surface area contributed by atoms with Gasteiger partial charge in [0.05, 0.1) is 6.61 Å². The predicted octanol–water partition coefficient (Wildman–Crippen LogP) is -0.0217. The van der Waals surface area contributed by atoms with Crippen LogP contribution in [0.4, 0.5) is 4.79 Å². The van der Waals surface area contributed by atoms with Gasteiger partial charge in [0.1, 0.15) is 0 Å². The Hall–Kier alpha value is -0.810. The van der Waals surface area contributed by atoms with Gasteiger partial charge < -0.3 is 15.0 Å². The number of carbonyl (C=O) groups excluding carboxylic acids is 1. The monoisotopic (exact) mass is 215 g/mol. The summed E-state index contributed by atoms with van der Waals surface area (Å²) in [5.41, 5.74) is 0. The van der Waals surface area contributed by atoms with E-state index < -0.39 is 0 Å². The zero-order valence-corrected chi connectivity index (χ0v) is 9.82. The molecule has 1 unspecified atom stereocenters. The number of piperazine rings is 1. The Labute approximate surface area is 91.4 Å². The first-order chi connectivity index (χ1) is 7.13. The number of likely N-dealkylation sites (N-methyl/N-ethyl adjacent to an activating group) is 2. The number of hydrogen-bond donors (Lipinski definition) is 1. The van der Waals surface area contributed by atoms with Crippen molar-refractivity contribution < 1.29 is 9.53 Å². The van der Waals surface area contributed by atoms with Crippen LogP contribution in [0.5, 0.6) is 0 Å². The summed E-state index contributed by atoms with van der Waals surface area (Å²) in [5, 5.41) is 2.77. The minimum absolute atomic E-state index is 0.320. The fraction of sp³-hybridized carbons (Fsp3) is 0.900. The van der Waals surface area contributed by atoms with Crippen molar-refractivity contribution in [2.75, 3.05) is 46.9 Å². The Morgan fingerprint density at radius 3 is 2.87 bits per heavy atom. The average molecular weight is 215 g/mol. The normalized spacial score (nSPS) is 23.8. The van der Waals surface area contributed by atoms with Gasteiger partial charge >= 0.3 is 6.09 Å². The number of carbonyl (C=O) groups is 1. The quantitative estimate of drug-likeness (QED) is 0.718. The highest BCUT2D eigenvalue weighted by Gasteiger charge is 2.22. The van der Waals surface area contributed by atoms with Crippen molar-refractivity contribution in [1.29, 1.82) is 0 Å². The van der Waals surface area contributed by atoms with E-state index in [4.69, 9.17) is 4.74 Å². The average Bonchev–Trinajstić information content (AvgIpc) is 2.20. The maximum Gasteiger partial charge on any atom is 0.407 e. The van der Waals surface area contributed by atoms with Crippen LogP contribution in [-0.2, 0) is 4.74 Å². The van der Waals surface area contributed by atoms with Crippen LogP contribution in [0.25, 0.3) is 0 Å². The Morgan fingerprint density at radius 1 is 1.47 bits per heavy atom. The van der Waals surface area contributed by atoms with Gasteiger partial charge in [-0.05, 0) is 21.0 Å². The van der Waals surface area contributed by atoms with E-state index in [-0.39, 0.29) is 6.09 Å². The van der Waals surface area contributed by atoms with Crippen molar-refractivity contribution in [3.8, 4) is 0 Å². The summed E-state index contributed by atoms with van der Waals surface area (Å²) < 4.78 is 4.81. The van der Waals surface area contributed by atoms with Gasteiger partial charge in [0.2, 0.25) is 0 Å². The Balaban J connectivity index is 2.27. The van der Waals surface area contributed by atoms with Crippen LogP contribution in [0.15, 0.2) is 0 Å². The molecular formula is C10H21N3O2. The lowest BCUT2D eigenvalue weighted by atomic mass is 10.2. The number of ether oxygens (including phenoxy) is 1. The third kappa shape index (κ3) is 4.05. The van der Waals surface area contributed by atoms with E-state index >= 15 is 0 Å². The van der Waals surface area contributed by atoms with Crippen molar-refractivity contribution in [2.24, 2.45) is 0 Å². The summed E-state index contributed by atoms with van der Waals surface area (Å²) in [6.45, 7) is 6.01. The van der Waals surface area contributed by atoms with Gasteiger partial charge in [-0.1, -0.05) is 0 Å². The molecule has 0 aromatic heterocycles. The molecule has 88 valence electrons. The van der Waals surface area contributed by atoms with Gasteiger partial charge in [-0.3, -0.25) is 4.90 Å². The summed E-state index contributed by atoms with van der Waals surface area (Å²) >= 11 is 0. The van der Waals surface area contributed by atoms with Crippen molar-refractivity contribution in [1.82, 2.24) is 15.1 Å². The molecule has 0 spiro atoms. The first kappa shape index (κ1) is 12.3. The molecule has 5 heteroatoms. The minimum atomic E-state index is -0.320. The summed E-state index contributed by atoms with van der Waals surface area (Å²) in [5.74, 6) is 0. The Bertz CT molecular complexity index is 211. The molecule has 1 rings (SSSR count). The van der Waals surface area contributed by atoms with E-state index in [0.717, 1.165) is 19.6 Å². The van der Waals surface area contributed by atoms with Crippen LogP contribution in [-0.4, -0.2) is 68.8 Å². The number of rotatable bonds is 3. The molecule has 1 atom stereocenters. The summed E-state index contributed by atoms with van der Waals surface area (Å²) in [7, 11) is 4.19. The lowest BCUT2D eigenvalue weighted by Crippen LogP contribution is -2.54. The van der Waals surface area contributed by atoms with Gasteiger partial charge in [-0.2, -0.15) is 0 Å². The first-order valence-corrected chi connectivity index (χ1v) is 5.43. The molecule has 1 amide bonds. The second kappa shape index (κ2) is 5.92. The standard InChI is InChI=1S/C10H21N3O2/c1-4-15-10(14)11-7-9-8-12(2)5-6-13(9)3/h9H,4-8H2,1-3H3,(H,11,14). The predicted molar refractivity (Wildman–Crippen MR) is 58.9 cm³/mol. The maximum absolute atomic E-state index is 11.1. The molecule has 0 saturated carbocycles. The maximum atomic E-state index is 11.1. The van der Waals surface area contributed by atoms with Crippen LogP contribution >= 0.6 is 0 Å². The molecule has 1 heterocycles. The highest BCUT2D eigenvalue weighted by molar-refractivity contribution is 5.67. The van der Waals surface area contributed by atoms with E-state index in [2.05, 4.69) is 29.2 Å². The van der Waals surface area contributed by atoms with Crippen LogP contribution in [0.3, 0.4) is 0 Å². The second-order valence-electron chi connectivity index (χ2n) is 4.00. The van der Waals surface area contributed by atoms with Crippen LogP contribution in [0.2, 0.25) is 0 Å². The Morgan fingerprint density at radius 2 is 2.20 bits per heavy atom. The molecule has 1 fully saturated rings. The SMILES string of the molecule is CCOC(=O)NCC1CN(C)CCN1C. The lowest BCUT2D eigenvalue weighted by molar-refractivity contribution is 0.107. The van der Waals surface area contributed by atoms with E-state index in [9.17, 15) is 4.79 Å². The molecule has 0 bridgehead atoms. The van der Waals surface area contributed by atoms with Gasteiger partial charge in [-0.15, -0.1) is 0 Å². The zero-order valence-electron chi connectivity index (χ0n) is 9.82. The van der Waals surface area contributed by atoms with Crippen LogP contribution in [0.1, 0.15) is 6.92 Å². The number of alkyl carbamates (subject to hydrolysis) is 1. The van der Waals surface area contributed by atoms with E-state index in [1.165, 1.54) is 0 Å². The van der Waals surface area contributed by atoms with Gasteiger partial charge in [0.15, 0.2) is 0 Å². The van der Waals surface area contributed by atoms with Crippen molar-refractivity contribution in [3.63, 3.8) is 0 Å². The molecule has 1 aliphatic heterocycles. The second-order valence-corrected chi connectivity index (χ2v) is 4.00. The summed E-state index contributed by atoms with van der Waals surface area (Å²) in [6.07, 6.45) is -0.320. The third-order valence-electron chi connectivity index (χ3n) is 2.74. The number of nitrogens with one attached hydrogen (secondary N) is 1. The molecule has 0 aromatic carbocycles. The molecular weight excluding hydrogens is 194 g/mol. The van der Waals surface area contributed by atoms with Gasteiger partial charge in [0, 0.05) is 32.2 Å².